The minimum Gasteiger partial charge on any atom is -0.480 e. The van der Waals surface area contributed by atoms with Gasteiger partial charge in [0.15, 0.2) is 0 Å². The van der Waals surface area contributed by atoms with Crippen LogP contribution in [0.25, 0.3) is 0 Å². The molecule has 6 heteroatoms. The van der Waals surface area contributed by atoms with Crippen LogP contribution in [-0.4, -0.2) is 40.3 Å². The maximum absolute atomic E-state index is 11.2. The van der Waals surface area contributed by atoms with Gasteiger partial charge < -0.3 is 21.3 Å². The number of aliphatic carboxylic acids is 1. The van der Waals surface area contributed by atoms with Crippen molar-refractivity contribution in [3.8, 4) is 0 Å². The van der Waals surface area contributed by atoms with E-state index in [1.54, 1.807) is 0 Å². The van der Waals surface area contributed by atoms with Gasteiger partial charge in [-0.15, -0.1) is 0 Å². The third-order valence-corrected chi connectivity index (χ3v) is 2.03. The number of carbonyl (C=O) groups excluding carboxylic acids is 1. The van der Waals surface area contributed by atoms with Crippen molar-refractivity contribution in [2.24, 2.45) is 5.73 Å². The van der Waals surface area contributed by atoms with Crippen molar-refractivity contribution >= 4 is 11.9 Å². The fraction of sp³-hybridized carbons (Fsp3) is 0.714. The first-order valence-corrected chi connectivity index (χ1v) is 3.93. The monoisotopic (exact) mass is 188 g/mol. The first-order chi connectivity index (χ1) is 5.99. The number of carbonyl (C=O) groups is 2. The second kappa shape index (κ2) is 3.31. The summed E-state index contributed by atoms with van der Waals surface area (Å²) in [6.45, 7) is -0.628. The zero-order valence-corrected chi connectivity index (χ0v) is 6.99. The smallest absolute Gasteiger partial charge is 0.328 e. The number of rotatable bonds is 4. The molecule has 0 saturated heterocycles. The minimum absolute atomic E-state index is 0.506. The summed E-state index contributed by atoms with van der Waals surface area (Å²) in [7, 11) is 0. The first kappa shape index (κ1) is 9.94. The van der Waals surface area contributed by atoms with E-state index >= 15 is 0 Å². The lowest BCUT2D eigenvalue weighted by molar-refractivity contribution is -0.143. The van der Waals surface area contributed by atoms with E-state index < -0.39 is 30.1 Å². The number of nitrogens with one attached hydrogen (secondary N) is 1. The van der Waals surface area contributed by atoms with Gasteiger partial charge in [-0.05, 0) is 12.8 Å². The molecule has 0 aromatic carbocycles. The second-order valence-corrected chi connectivity index (χ2v) is 3.20. The average molecular weight is 188 g/mol. The third-order valence-electron chi connectivity index (χ3n) is 2.03. The molecule has 6 nitrogen and oxygen atoms in total. The summed E-state index contributed by atoms with van der Waals surface area (Å²) in [5.41, 5.74) is 4.61. The molecule has 13 heavy (non-hydrogen) atoms. The molecule has 1 atom stereocenters. The number of hydrogen-bond donors (Lipinski definition) is 4. The topological polar surface area (TPSA) is 113 Å². The predicted molar refractivity (Wildman–Crippen MR) is 42.8 cm³/mol. The molecule has 5 N–H and O–H groups in total. The largest absolute Gasteiger partial charge is 0.480 e. The van der Waals surface area contributed by atoms with Gasteiger partial charge in [-0.2, -0.15) is 0 Å². The number of carboxylic acid groups (broad SMARTS) is 1. The minimum atomic E-state index is -1.26. The Kier molecular flexibility index (Phi) is 2.53. The van der Waals surface area contributed by atoms with Crippen molar-refractivity contribution in [3.63, 3.8) is 0 Å². The highest BCUT2D eigenvalue weighted by Gasteiger charge is 2.46. The van der Waals surface area contributed by atoms with Crippen LogP contribution in [0.1, 0.15) is 12.8 Å². The summed E-state index contributed by atoms with van der Waals surface area (Å²) in [6, 6.07) is -1.26. The molecule has 1 saturated carbocycles. The van der Waals surface area contributed by atoms with Crippen LogP contribution in [0.2, 0.25) is 0 Å². The number of amides is 1. The van der Waals surface area contributed by atoms with E-state index in [0.717, 1.165) is 0 Å². The Hall–Kier alpha value is -1.14. The quantitative estimate of drug-likeness (QED) is 0.409. The van der Waals surface area contributed by atoms with Crippen LogP contribution in [0.3, 0.4) is 0 Å². The van der Waals surface area contributed by atoms with Gasteiger partial charge in [-0.3, -0.25) is 4.79 Å². The molecule has 0 spiro atoms. The van der Waals surface area contributed by atoms with E-state index in [4.69, 9.17) is 15.9 Å². The lowest BCUT2D eigenvalue weighted by Crippen LogP contribution is -2.51. The number of carboxylic acids is 1. The van der Waals surface area contributed by atoms with Crippen molar-refractivity contribution in [1.29, 1.82) is 0 Å². The Morgan fingerprint density at radius 1 is 1.54 bits per heavy atom. The van der Waals surface area contributed by atoms with E-state index in [2.05, 4.69) is 5.32 Å². The SMILES string of the molecule is NC1(C(=O)N[C@@H](CO)C(=O)O)CC1. The van der Waals surface area contributed by atoms with Crippen molar-refractivity contribution in [3.05, 3.63) is 0 Å². The van der Waals surface area contributed by atoms with Crippen molar-refractivity contribution in [1.82, 2.24) is 5.32 Å². The molecule has 0 heterocycles. The molecule has 1 aliphatic rings. The van der Waals surface area contributed by atoms with E-state index in [9.17, 15) is 9.59 Å². The van der Waals surface area contributed by atoms with Crippen molar-refractivity contribution in [2.45, 2.75) is 24.4 Å². The van der Waals surface area contributed by atoms with Gasteiger partial charge in [0, 0.05) is 0 Å². The zero-order chi connectivity index (χ0) is 10.1. The normalized spacial score (nSPS) is 20.5. The Labute approximate surface area is 74.7 Å². The Bertz CT molecular complexity index is 237. The van der Waals surface area contributed by atoms with Gasteiger partial charge in [0.25, 0.3) is 0 Å². The number of nitrogens with two attached hydrogens (primary N) is 1. The third kappa shape index (κ3) is 2.16. The van der Waals surface area contributed by atoms with Gasteiger partial charge in [0.05, 0.1) is 12.1 Å². The molecule has 0 unspecified atom stereocenters. The van der Waals surface area contributed by atoms with E-state index in [0.29, 0.717) is 12.8 Å². The molecular formula is C7H12N2O4. The first-order valence-electron chi connectivity index (χ1n) is 3.93. The van der Waals surface area contributed by atoms with E-state index in [1.165, 1.54) is 0 Å². The molecule has 1 rings (SSSR count). The van der Waals surface area contributed by atoms with Crippen molar-refractivity contribution < 1.29 is 19.8 Å². The van der Waals surface area contributed by atoms with Crippen LogP contribution in [0.4, 0.5) is 0 Å². The van der Waals surface area contributed by atoms with Crippen LogP contribution in [0.5, 0.6) is 0 Å². The molecule has 1 amide bonds. The molecule has 0 aliphatic heterocycles. The Balaban J connectivity index is 2.46. The fourth-order valence-corrected chi connectivity index (χ4v) is 0.849. The zero-order valence-electron chi connectivity index (χ0n) is 6.99. The fourth-order valence-electron chi connectivity index (χ4n) is 0.849. The van der Waals surface area contributed by atoms with Gasteiger partial charge in [0.2, 0.25) is 5.91 Å². The Morgan fingerprint density at radius 3 is 2.38 bits per heavy atom. The summed E-state index contributed by atoms with van der Waals surface area (Å²) >= 11 is 0. The summed E-state index contributed by atoms with van der Waals surface area (Å²) in [4.78, 5) is 21.6. The van der Waals surface area contributed by atoms with Crippen molar-refractivity contribution in [2.75, 3.05) is 6.61 Å². The number of aliphatic hydroxyl groups is 1. The van der Waals surface area contributed by atoms with Gasteiger partial charge in [-0.25, -0.2) is 4.79 Å². The number of aliphatic hydroxyl groups excluding tert-OH is 1. The summed E-state index contributed by atoms with van der Waals surface area (Å²) < 4.78 is 0. The number of hydrogen-bond acceptors (Lipinski definition) is 4. The molecule has 0 aromatic heterocycles. The highest BCUT2D eigenvalue weighted by molar-refractivity contribution is 5.92. The molecule has 0 radical (unpaired) electrons. The lowest BCUT2D eigenvalue weighted by Gasteiger charge is -2.14. The average Bonchev–Trinajstić information content (AvgIpc) is 2.79. The summed E-state index contributed by atoms with van der Waals surface area (Å²) in [5.74, 6) is -1.77. The molecule has 0 aromatic rings. The molecule has 1 aliphatic carbocycles. The van der Waals surface area contributed by atoms with Crippen LogP contribution in [0, 0.1) is 0 Å². The van der Waals surface area contributed by atoms with Crippen LogP contribution >= 0.6 is 0 Å². The summed E-state index contributed by atoms with van der Waals surface area (Å²) in [6.07, 6.45) is 1.13. The lowest BCUT2D eigenvalue weighted by atomic mass is 10.2. The van der Waals surface area contributed by atoms with E-state index in [1.807, 2.05) is 0 Å². The standard InChI is InChI=1S/C7H12N2O4/c8-7(1-2-7)6(13)9-4(3-10)5(11)12/h4,10H,1-3,8H2,(H,9,13)(H,11,12)/t4-/m0/s1. The highest BCUT2D eigenvalue weighted by atomic mass is 16.4. The second-order valence-electron chi connectivity index (χ2n) is 3.20. The van der Waals surface area contributed by atoms with Gasteiger partial charge in [-0.1, -0.05) is 0 Å². The van der Waals surface area contributed by atoms with Gasteiger partial charge in [0.1, 0.15) is 6.04 Å². The van der Waals surface area contributed by atoms with E-state index in [-0.39, 0.29) is 0 Å². The molecular weight excluding hydrogens is 176 g/mol. The predicted octanol–water partition coefficient (Wildman–Crippen LogP) is -1.96. The molecule has 1 fully saturated rings. The molecule has 74 valence electrons. The maximum Gasteiger partial charge on any atom is 0.328 e. The Morgan fingerprint density at radius 2 is 2.08 bits per heavy atom. The van der Waals surface area contributed by atoms with Crippen LogP contribution in [0.15, 0.2) is 0 Å². The maximum atomic E-state index is 11.2. The van der Waals surface area contributed by atoms with Gasteiger partial charge >= 0.3 is 5.97 Å². The highest BCUT2D eigenvalue weighted by Crippen LogP contribution is 2.32. The van der Waals surface area contributed by atoms with Crippen LogP contribution in [-0.2, 0) is 9.59 Å². The summed E-state index contributed by atoms with van der Waals surface area (Å²) in [5, 5.41) is 19.2. The molecule has 0 bridgehead atoms. The van der Waals surface area contributed by atoms with Crippen LogP contribution < -0.4 is 11.1 Å².